The number of hydrogen-bond acceptors (Lipinski definition) is 2. The molecule has 14 heavy (non-hydrogen) atoms. The van der Waals surface area contributed by atoms with Gasteiger partial charge in [0, 0.05) is 10.0 Å². The van der Waals surface area contributed by atoms with Gasteiger partial charge in [0.25, 0.3) is 0 Å². The lowest BCUT2D eigenvalue weighted by Gasteiger charge is -1.99. The first-order valence-electron chi connectivity index (χ1n) is 3.77. The molecule has 72 valence electrons. The molecule has 0 aliphatic carbocycles. The molecule has 4 heteroatoms. The summed E-state index contributed by atoms with van der Waals surface area (Å²) in [6.07, 6.45) is 0. The molecule has 0 aliphatic heterocycles. The Kier molecular flexibility index (Phi) is 3.69. The first-order valence-corrected chi connectivity index (χ1v) is 4.57. The number of aromatic carboxylic acids is 1. The Labute approximate surface area is 89.5 Å². The summed E-state index contributed by atoms with van der Waals surface area (Å²) in [6.45, 7) is -0.286. The van der Waals surface area contributed by atoms with Gasteiger partial charge in [-0.2, -0.15) is 0 Å². The van der Waals surface area contributed by atoms with E-state index < -0.39 is 5.97 Å². The molecule has 0 aromatic heterocycles. The quantitative estimate of drug-likeness (QED) is 0.747. The van der Waals surface area contributed by atoms with Crippen LogP contribution in [0.5, 0.6) is 0 Å². The second-order valence-corrected chi connectivity index (χ2v) is 3.37. The number of carboxylic acid groups (broad SMARTS) is 1. The molecule has 0 radical (unpaired) electrons. The normalized spacial score (nSPS) is 9.00. The van der Waals surface area contributed by atoms with Crippen LogP contribution in [0.2, 0.25) is 0 Å². The topological polar surface area (TPSA) is 57.5 Å². The lowest BCUT2D eigenvalue weighted by atomic mass is 10.1. The van der Waals surface area contributed by atoms with Crippen LogP contribution in [0.1, 0.15) is 15.9 Å². The summed E-state index contributed by atoms with van der Waals surface area (Å²) >= 11 is 3.21. The number of hydrogen-bond donors (Lipinski definition) is 2. The zero-order valence-electron chi connectivity index (χ0n) is 7.12. The van der Waals surface area contributed by atoms with Crippen molar-refractivity contribution < 1.29 is 15.0 Å². The zero-order chi connectivity index (χ0) is 10.6. The molecular weight excluding hydrogens is 248 g/mol. The monoisotopic (exact) mass is 254 g/mol. The van der Waals surface area contributed by atoms with E-state index in [1.807, 2.05) is 0 Å². The smallest absolute Gasteiger partial charge is 0.336 e. The van der Waals surface area contributed by atoms with E-state index in [9.17, 15) is 4.79 Å². The Bertz CT molecular complexity index is 415. The SMILES string of the molecule is O=C(O)c1ccc(Br)cc1C#CCO. The molecule has 1 aromatic carbocycles. The van der Waals surface area contributed by atoms with Gasteiger partial charge >= 0.3 is 5.97 Å². The zero-order valence-corrected chi connectivity index (χ0v) is 8.71. The van der Waals surface area contributed by atoms with Crippen LogP contribution >= 0.6 is 15.9 Å². The summed E-state index contributed by atoms with van der Waals surface area (Å²) < 4.78 is 0.754. The number of rotatable bonds is 1. The van der Waals surface area contributed by atoms with Gasteiger partial charge in [0.15, 0.2) is 0 Å². The maximum atomic E-state index is 10.8. The van der Waals surface area contributed by atoms with Gasteiger partial charge < -0.3 is 10.2 Å². The Morgan fingerprint density at radius 1 is 1.50 bits per heavy atom. The van der Waals surface area contributed by atoms with Crippen molar-refractivity contribution in [2.45, 2.75) is 0 Å². The Morgan fingerprint density at radius 2 is 2.21 bits per heavy atom. The van der Waals surface area contributed by atoms with Crippen LogP contribution in [-0.2, 0) is 0 Å². The molecule has 0 atom stereocenters. The highest BCUT2D eigenvalue weighted by Gasteiger charge is 2.07. The first-order chi connectivity index (χ1) is 6.65. The lowest BCUT2D eigenvalue weighted by molar-refractivity contribution is 0.0696. The van der Waals surface area contributed by atoms with Gasteiger partial charge in [0.2, 0.25) is 0 Å². The van der Waals surface area contributed by atoms with Crippen LogP contribution in [-0.4, -0.2) is 22.8 Å². The molecule has 0 heterocycles. The van der Waals surface area contributed by atoms with E-state index in [1.165, 1.54) is 6.07 Å². The van der Waals surface area contributed by atoms with Gasteiger partial charge in [-0.25, -0.2) is 4.79 Å². The maximum Gasteiger partial charge on any atom is 0.336 e. The van der Waals surface area contributed by atoms with Gasteiger partial charge in [-0.15, -0.1) is 0 Å². The van der Waals surface area contributed by atoms with Crippen molar-refractivity contribution in [3.63, 3.8) is 0 Å². The molecule has 3 nitrogen and oxygen atoms in total. The minimum atomic E-state index is -1.03. The fourth-order valence-corrected chi connectivity index (χ4v) is 1.30. The number of aliphatic hydroxyl groups is 1. The predicted octanol–water partition coefficient (Wildman–Crippen LogP) is 1.49. The fraction of sp³-hybridized carbons (Fsp3) is 0.100. The van der Waals surface area contributed by atoms with Gasteiger partial charge in [-0.05, 0) is 18.2 Å². The van der Waals surface area contributed by atoms with E-state index in [2.05, 4.69) is 27.8 Å². The van der Waals surface area contributed by atoms with Gasteiger partial charge in [-0.3, -0.25) is 0 Å². The third-order valence-corrected chi connectivity index (χ3v) is 2.01. The number of carboxylic acids is 1. The standard InChI is InChI=1S/C10H7BrO3/c11-8-3-4-9(10(13)14)7(6-8)2-1-5-12/h3-4,6,12H,5H2,(H,13,14). The second-order valence-electron chi connectivity index (χ2n) is 2.45. The summed E-state index contributed by atoms with van der Waals surface area (Å²) in [5, 5.41) is 17.3. The predicted molar refractivity (Wildman–Crippen MR) is 55.1 cm³/mol. The molecule has 2 N–H and O–H groups in total. The fourth-order valence-electron chi connectivity index (χ4n) is 0.941. The van der Waals surface area contributed by atoms with Gasteiger partial charge in [0.1, 0.15) is 6.61 Å². The summed E-state index contributed by atoms with van der Waals surface area (Å²) in [4.78, 5) is 10.8. The van der Waals surface area contributed by atoms with Crippen LogP contribution in [0.25, 0.3) is 0 Å². The van der Waals surface area contributed by atoms with Gasteiger partial charge in [0.05, 0.1) is 5.56 Å². The molecule has 0 saturated carbocycles. The Hall–Kier alpha value is -1.31. The van der Waals surface area contributed by atoms with E-state index in [0.29, 0.717) is 5.56 Å². The van der Waals surface area contributed by atoms with Crippen molar-refractivity contribution in [3.8, 4) is 11.8 Å². The van der Waals surface area contributed by atoms with Crippen molar-refractivity contribution in [2.24, 2.45) is 0 Å². The number of carbonyl (C=O) groups is 1. The largest absolute Gasteiger partial charge is 0.478 e. The van der Waals surface area contributed by atoms with Crippen molar-refractivity contribution in [1.82, 2.24) is 0 Å². The van der Waals surface area contributed by atoms with Crippen molar-refractivity contribution in [2.75, 3.05) is 6.61 Å². The summed E-state index contributed by atoms with van der Waals surface area (Å²) in [7, 11) is 0. The van der Waals surface area contributed by atoms with Crippen LogP contribution in [0.3, 0.4) is 0 Å². The van der Waals surface area contributed by atoms with E-state index in [1.54, 1.807) is 12.1 Å². The molecule has 0 unspecified atom stereocenters. The minimum Gasteiger partial charge on any atom is -0.478 e. The van der Waals surface area contributed by atoms with E-state index in [0.717, 1.165) is 4.47 Å². The molecular formula is C10H7BrO3. The Morgan fingerprint density at radius 3 is 2.79 bits per heavy atom. The lowest BCUT2D eigenvalue weighted by Crippen LogP contribution is -1.99. The highest BCUT2D eigenvalue weighted by atomic mass is 79.9. The Balaban J connectivity index is 3.22. The average molecular weight is 255 g/mol. The first kappa shape index (κ1) is 10.8. The molecule has 0 fully saturated rings. The molecule has 1 aromatic rings. The third kappa shape index (κ3) is 2.59. The third-order valence-electron chi connectivity index (χ3n) is 1.51. The maximum absolute atomic E-state index is 10.8. The van der Waals surface area contributed by atoms with Crippen molar-refractivity contribution >= 4 is 21.9 Å². The summed E-state index contributed by atoms with van der Waals surface area (Å²) in [5.41, 5.74) is 0.523. The average Bonchev–Trinajstić information content (AvgIpc) is 2.14. The van der Waals surface area contributed by atoms with Gasteiger partial charge in [-0.1, -0.05) is 27.8 Å². The van der Waals surface area contributed by atoms with E-state index >= 15 is 0 Å². The molecule has 0 bridgehead atoms. The highest BCUT2D eigenvalue weighted by Crippen LogP contribution is 2.15. The van der Waals surface area contributed by atoms with Crippen molar-refractivity contribution in [1.29, 1.82) is 0 Å². The summed E-state index contributed by atoms with van der Waals surface area (Å²) in [6, 6.07) is 4.70. The highest BCUT2D eigenvalue weighted by molar-refractivity contribution is 9.10. The molecule has 0 amide bonds. The van der Waals surface area contributed by atoms with Crippen LogP contribution < -0.4 is 0 Å². The molecule has 0 aliphatic rings. The second kappa shape index (κ2) is 4.80. The molecule has 1 rings (SSSR count). The van der Waals surface area contributed by atoms with E-state index in [4.69, 9.17) is 10.2 Å². The van der Waals surface area contributed by atoms with Crippen LogP contribution in [0.4, 0.5) is 0 Å². The summed E-state index contributed by atoms with van der Waals surface area (Å²) in [5.74, 6) is 3.95. The number of benzene rings is 1. The van der Waals surface area contributed by atoms with Crippen LogP contribution in [0.15, 0.2) is 22.7 Å². The van der Waals surface area contributed by atoms with Crippen molar-refractivity contribution in [3.05, 3.63) is 33.8 Å². The molecule has 0 saturated heterocycles. The molecule has 0 spiro atoms. The van der Waals surface area contributed by atoms with Crippen LogP contribution in [0, 0.1) is 11.8 Å². The number of halogens is 1. The minimum absolute atomic E-state index is 0.133. The van der Waals surface area contributed by atoms with E-state index in [-0.39, 0.29) is 12.2 Å². The number of aliphatic hydroxyl groups excluding tert-OH is 1.